The van der Waals surface area contributed by atoms with Crippen LogP contribution in [0.25, 0.3) is 0 Å². The quantitative estimate of drug-likeness (QED) is 0.653. The van der Waals surface area contributed by atoms with E-state index in [1.807, 2.05) is 0 Å². The van der Waals surface area contributed by atoms with Gasteiger partial charge in [0, 0.05) is 0 Å². The van der Waals surface area contributed by atoms with Crippen molar-refractivity contribution in [3.05, 3.63) is 0 Å². The van der Waals surface area contributed by atoms with Gasteiger partial charge in [-0.2, -0.15) is 0 Å². The molecule has 0 aliphatic carbocycles. The first-order valence-electron chi connectivity index (χ1n) is 5.30. The first-order valence-corrected chi connectivity index (χ1v) is 5.30. The van der Waals surface area contributed by atoms with E-state index in [2.05, 4.69) is 27.7 Å². The second-order valence-electron chi connectivity index (χ2n) is 4.43. The van der Waals surface area contributed by atoms with Crippen LogP contribution >= 0.6 is 0 Å². The van der Waals surface area contributed by atoms with Gasteiger partial charge in [-0.15, -0.1) is 0 Å². The van der Waals surface area contributed by atoms with Crippen LogP contribution in [-0.2, 0) is 0 Å². The monoisotopic (exact) mass is 171 g/mol. The van der Waals surface area contributed by atoms with Crippen molar-refractivity contribution in [2.24, 2.45) is 23.5 Å². The van der Waals surface area contributed by atoms with Crippen molar-refractivity contribution in [1.82, 2.24) is 0 Å². The molecular formula is C11H25N. The average Bonchev–Trinajstić information content (AvgIpc) is 2.03. The van der Waals surface area contributed by atoms with Gasteiger partial charge in [0.2, 0.25) is 0 Å². The van der Waals surface area contributed by atoms with Gasteiger partial charge in [-0.05, 0) is 37.1 Å². The molecule has 0 saturated heterocycles. The Bertz CT molecular complexity index is 89.2. The smallest absolute Gasteiger partial charge is 0.00514 e. The van der Waals surface area contributed by atoms with E-state index in [0.717, 1.165) is 18.4 Å². The van der Waals surface area contributed by atoms with Crippen LogP contribution in [0.5, 0.6) is 0 Å². The molecule has 0 radical (unpaired) electrons. The van der Waals surface area contributed by atoms with Crippen LogP contribution in [-0.4, -0.2) is 6.54 Å². The van der Waals surface area contributed by atoms with Crippen molar-refractivity contribution in [2.75, 3.05) is 6.54 Å². The maximum atomic E-state index is 5.58. The molecule has 0 aromatic rings. The third-order valence-electron chi connectivity index (χ3n) is 2.71. The van der Waals surface area contributed by atoms with Crippen LogP contribution < -0.4 is 5.73 Å². The zero-order valence-corrected chi connectivity index (χ0v) is 9.14. The normalized spacial score (nSPS) is 18.8. The van der Waals surface area contributed by atoms with E-state index in [-0.39, 0.29) is 0 Å². The molecule has 0 aliphatic rings. The number of hydrogen-bond acceptors (Lipinski definition) is 1. The number of nitrogens with two attached hydrogens (primary N) is 1. The Morgan fingerprint density at radius 2 is 1.42 bits per heavy atom. The minimum Gasteiger partial charge on any atom is -0.330 e. The summed E-state index contributed by atoms with van der Waals surface area (Å²) in [7, 11) is 0. The lowest BCUT2D eigenvalue weighted by molar-refractivity contribution is 0.342. The van der Waals surface area contributed by atoms with Gasteiger partial charge in [-0.1, -0.05) is 34.1 Å². The fraction of sp³-hybridized carbons (Fsp3) is 1.00. The fourth-order valence-electron chi connectivity index (χ4n) is 1.73. The van der Waals surface area contributed by atoms with Gasteiger partial charge in [0.1, 0.15) is 0 Å². The zero-order valence-electron chi connectivity index (χ0n) is 9.14. The van der Waals surface area contributed by atoms with Crippen LogP contribution in [0, 0.1) is 17.8 Å². The molecule has 0 saturated carbocycles. The van der Waals surface area contributed by atoms with Crippen molar-refractivity contribution < 1.29 is 0 Å². The summed E-state index contributed by atoms with van der Waals surface area (Å²) in [6.45, 7) is 10.0. The molecule has 0 amide bonds. The summed E-state index contributed by atoms with van der Waals surface area (Å²) in [4.78, 5) is 0. The molecule has 0 heterocycles. The van der Waals surface area contributed by atoms with Crippen LogP contribution in [0.2, 0.25) is 0 Å². The van der Waals surface area contributed by atoms with Crippen LogP contribution in [0.4, 0.5) is 0 Å². The van der Waals surface area contributed by atoms with E-state index in [1.165, 1.54) is 19.3 Å². The SMILES string of the molecule is CCC(C)CC(C)CC(C)CN. The molecular weight excluding hydrogens is 146 g/mol. The van der Waals surface area contributed by atoms with Gasteiger partial charge >= 0.3 is 0 Å². The topological polar surface area (TPSA) is 26.0 Å². The lowest BCUT2D eigenvalue weighted by atomic mass is 9.89. The predicted molar refractivity (Wildman–Crippen MR) is 56.1 cm³/mol. The number of rotatable bonds is 6. The molecule has 74 valence electrons. The van der Waals surface area contributed by atoms with Gasteiger partial charge in [0.05, 0.1) is 0 Å². The van der Waals surface area contributed by atoms with Crippen molar-refractivity contribution in [2.45, 2.75) is 47.0 Å². The standard InChI is InChI=1S/C11H25N/c1-5-9(2)6-10(3)7-11(4)8-12/h9-11H,5-8,12H2,1-4H3. The molecule has 0 fully saturated rings. The molecule has 0 bridgehead atoms. The van der Waals surface area contributed by atoms with Crippen LogP contribution in [0.15, 0.2) is 0 Å². The molecule has 12 heavy (non-hydrogen) atoms. The second kappa shape index (κ2) is 6.47. The first kappa shape index (κ1) is 12.0. The van der Waals surface area contributed by atoms with Crippen molar-refractivity contribution in [1.29, 1.82) is 0 Å². The number of hydrogen-bond donors (Lipinski definition) is 1. The molecule has 3 atom stereocenters. The van der Waals surface area contributed by atoms with Crippen molar-refractivity contribution >= 4 is 0 Å². The summed E-state index contributed by atoms with van der Waals surface area (Å²) in [5.41, 5.74) is 5.58. The third-order valence-corrected chi connectivity index (χ3v) is 2.71. The molecule has 1 nitrogen and oxygen atoms in total. The summed E-state index contributed by atoms with van der Waals surface area (Å²) in [6.07, 6.45) is 3.96. The maximum absolute atomic E-state index is 5.58. The lowest BCUT2D eigenvalue weighted by Gasteiger charge is -2.18. The first-order chi connectivity index (χ1) is 5.60. The summed E-state index contributed by atoms with van der Waals surface area (Å²) in [5.74, 6) is 2.42. The Labute approximate surface area is 77.7 Å². The highest BCUT2D eigenvalue weighted by atomic mass is 14.5. The highest BCUT2D eigenvalue weighted by molar-refractivity contribution is 4.62. The molecule has 1 heteroatoms. The summed E-state index contributed by atoms with van der Waals surface area (Å²) in [6, 6.07) is 0. The van der Waals surface area contributed by atoms with Crippen LogP contribution in [0.3, 0.4) is 0 Å². The summed E-state index contributed by atoms with van der Waals surface area (Å²) in [5, 5.41) is 0. The largest absolute Gasteiger partial charge is 0.330 e. The lowest BCUT2D eigenvalue weighted by Crippen LogP contribution is -2.15. The Morgan fingerprint density at radius 1 is 0.917 bits per heavy atom. The summed E-state index contributed by atoms with van der Waals surface area (Å²) < 4.78 is 0. The van der Waals surface area contributed by atoms with E-state index >= 15 is 0 Å². The molecule has 0 spiro atoms. The minimum absolute atomic E-state index is 0.698. The van der Waals surface area contributed by atoms with Crippen LogP contribution in [0.1, 0.15) is 47.0 Å². The van der Waals surface area contributed by atoms with E-state index in [0.29, 0.717) is 5.92 Å². The molecule has 2 N–H and O–H groups in total. The van der Waals surface area contributed by atoms with E-state index in [1.54, 1.807) is 0 Å². The highest BCUT2D eigenvalue weighted by Gasteiger charge is 2.10. The molecule has 0 aromatic carbocycles. The van der Waals surface area contributed by atoms with Gasteiger partial charge in [0.15, 0.2) is 0 Å². The molecule has 0 aliphatic heterocycles. The highest BCUT2D eigenvalue weighted by Crippen LogP contribution is 2.20. The Hall–Kier alpha value is -0.0400. The third kappa shape index (κ3) is 5.59. The van der Waals surface area contributed by atoms with E-state index in [9.17, 15) is 0 Å². The Balaban J connectivity index is 3.51. The van der Waals surface area contributed by atoms with Gasteiger partial charge in [-0.25, -0.2) is 0 Å². The van der Waals surface area contributed by atoms with Crippen molar-refractivity contribution in [3.63, 3.8) is 0 Å². The van der Waals surface area contributed by atoms with E-state index < -0.39 is 0 Å². The zero-order chi connectivity index (χ0) is 9.56. The fourth-order valence-corrected chi connectivity index (χ4v) is 1.73. The molecule has 0 aromatic heterocycles. The Kier molecular flexibility index (Phi) is 6.45. The average molecular weight is 171 g/mol. The minimum atomic E-state index is 0.698. The van der Waals surface area contributed by atoms with Crippen molar-refractivity contribution in [3.8, 4) is 0 Å². The maximum Gasteiger partial charge on any atom is -0.00514 e. The van der Waals surface area contributed by atoms with Gasteiger partial charge < -0.3 is 5.73 Å². The Morgan fingerprint density at radius 3 is 1.83 bits per heavy atom. The predicted octanol–water partition coefficient (Wildman–Crippen LogP) is 3.04. The second-order valence-corrected chi connectivity index (χ2v) is 4.43. The van der Waals surface area contributed by atoms with Gasteiger partial charge in [-0.3, -0.25) is 0 Å². The summed E-state index contributed by atoms with van der Waals surface area (Å²) >= 11 is 0. The van der Waals surface area contributed by atoms with Gasteiger partial charge in [0.25, 0.3) is 0 Å². The molecule has 0 rings (SSSR count). The van der Waals surface area contributed by atoms with E-state index in [4.69, 9.17) is 5.73 Å². The molecule has 3 unspecified atom stereocenters.